The first kappa shape index (κ1) is 17.0. The summed E-state index contributed by atoms with van der Waals surface area (Å²) in [7, 11) is 1.97. The highest BCUT2D eigenvalue weighted by atomic mass is 32.2. The average molecular weight is 344 g/mol. The third-order valence-corrected chi connectivity index (χ3v) is 5.53. The van der Waals surface area contributed by atoms with E-state index in [0.29, 0.717) is 12.3 Å². The van der Waals surface area contributed by atoms with E-state index >= 15 is 0 Å². The Balaban J connectivity index is 1.58. The van der Waals surface area contributed by atoms with Gasteiger partial charge in [0.2, 0.25) is 5.91 Å². The lowest BCUT2D eigenvalue weighted by Gasteiger charge is -2.22. The summed E-state index contributed by atoms with van der Waals surface area (Å²) >= 11 is 1.56. The van der Waals surface area contributed by atoms with E-state index in [1.165, 1.54) is 12.8 Å². The van der Waals surface area contributed by atoms with Crippen molar-refractivity contribution in [3.8, 4) is 0 Å². The van der Waals surface area contributed by atoms with Gasteiger partial charge in [-0.15, -0.1) is 0 Å². The van der Waals surface area contributed by atoms with Gasteiger partial charge in [-0.25, -0.2) is 4.98 Å². The SMILES string of the molecule is Cn1ccnc1Sc1ccccc1NC(=O)CCC1CCNCC1. The molecule has 5 nitrogen and oxygen atoms in total. The van der Waals surface area contributed by atoms with Crippen LogP contribution < -0.4 is 10.6 Å². The van der Waals surface area contributed by atoms with Gasteiger partial charge in [0.05, 0.1) is 5.69 Å². The third-order valence-electron chi connectivity index (χ3n) is 4.38. The number of para-hydroxylation sites is 1. The molecule has 2 aromatic rings. The molecule has 0 atom stereocenters. The van der Waals surface area contributed by atoms with E-state index in [0.717, 1.165) is 35.2 Å². The van der Waals surface area contributed by atoms with Crippen molar-refractivity contribution in [2.45, 2.75) is 35.7 Å². The third kappa shape index (κ3) is 4.61. The fourth-order valence-electron chi connectivity index (χ4n) is 2.93. The van der Waals surface area contributed by atoms with E-state index < -0.39 is 0 Å². The number of amides is 1. The molecular weight excluding hydrogens is 320 g/mol. The van der Waals surface area contributed by atoms with Gasteiger partial charge < -0.3 is 15.2 Å². The van der Waals surface area contributed by atoms with Crippen molar-refractivity contribution in [1.29, 1.82) is 0 Å². The summed E-state index contributed by atoms with van der Waals surface area (Å²) < 4.78 is 1.97. The fourth-order valence-corrected chi connectivity index (χ4v) is 3.82. The van der Waals surface area contributed by atoms with Crippen LogP contribution in [0, 0.1) is 5.92 Å². The molecule has 1 amide bonds. The zero-order valence-corrected chi connectivity index (χ0v) is 14.8. The van der Waals surface area contributed by atoms with Gasteiger partial charge in [0.25, 0.3) is 0 Å². The maximum absolute atomic E-state index is 12.3. The van der Waals surface area contributed by atoms with Crippen LogP contribution in [-0.2, 0) is 11.8 Å². The normalized spacial score (nSPS) is 15.4. The van der Waals surface area contributed by atoms with Crippen molar-refractivity contribution in [2.24, 2.45) is 13.0 Å². The van der Waals surface area contributed by atoms with Crippen molar-refractivity contribution >= 4 is 23.4 Å². The summed E-state index contributed by atoms with van der Waals surface area (Å²) in [5.41, 5.74) is 0.862. The molecule has 0 spiro atoms. The van der Waals surface area contributed by atoms with Crippen LogP contribution in [0.1, 0.15) is 25.7 Å². The Labute approximate surface area is 147 Å². The van der Waals surface area contributed by atoms with E-state index in [2.05, 4.69) is 15.6 Å². The minimum Gasteiger partial charge on any atom is -0.329 e. The maximum atomic E-state index is 12.3. The number of benzene rings is 1. The molecule has 0 bridgehead atoms. The fraction of sp³-hybridized carbons (Fsp3) is 0.444. The monoisotopic (exact) mass is 344 g/mol. The Morgan fingerprint density at radius 3 is 2.92 bits per heavy atom. The van der Waals surface area contributed by atoms with Gasteiger partial charge >= 0.3 is 0 Å². The molecule has 3 rings (SSSR count). The molecule has 6 heteroatoms. The van der Waals surface area contributed by atoms with Gasteiger partial charge in [-0.1, -0.05) is 12.1 Å². The van der Waals surface area contributed by atoms with Crippen LogP contribution in [0.3, 0.4) is 0 Å². The molecule has 0 saturated carbocycles. The second-order valence-corrected chi connectivity index (χ2v) is 7.21. The van der Waals surface area contributed by atoms with E-state index in [4.69, 9.17) is 0 Å². The van der Waals surface area contributed by atoms with Crippen molar-refractivity contribution in [3.63, 3.8) is 0 Å². The van der Waals surface area contributed by atoms with Crippen LogP contribution in [-0.4, -0.2) is 28.5 Å². The first-order valence-electron chi connectivity index (χ1n) is 8.47. The number of hydrogen-bond acceptors (Lipinski definition) is 4. The first-order valence-corrected chi connectivity index (χ1v) is 9.29. The van der Waals surface area contributed by atoms with Crippen LogP contribution >= 0.6 is 11.8 Å². The predicted octanol–water partition coefficient (Wildman–Crippen LogP) is 3.29. The van der Waals surface area contributed by atoms with Crippen LogP contribution in [0.2, 0.25) is 0 Å². The van der Waals surface area contributed by atoms with Gasteiger partial charge in [0.15, 0.2) is 5.16 Å². The minimum absolute atomic E-state index is 0.0985. The van der Waals surface area contributed by atoms with Gasteiger partial charge in [0, 0.05) is 30.8 Å². The summed E-state index contributed by atoms with van der Waals surface area (Å²) in [6.45, 7) is 2.16. The highest BCUT2D eigenvalue weighted by molar-refractivity contribution is 7.99. The second kappa shape index (κ2) is 8.35. The molecule has 1 aromatic heterocycles. The summed E-state index contributed by atoms with van der Waals surface area (Å²) in [6.07, 6.45) is 7.62. The van der Waals surface area contributed by atoms with Crippen LogP contribution in [0.15, 0.2) is 46.7 Å². The standard InChI is InChI=1S/C18H24N4OS/c1-22-13-12-20-18(22)24-16-5-3-2-4-15(16)21-17(23)7-6-14-8-10-19-11-9-14/h2-5,12-14,19H,6-11H2,1H3,(H,21,23). The topological polar surface area (TPSA) is 59.0 Å². The molecule has 1 saturated heterocycles. The predicted molar refractivity (Wildman–Crippen MR) is 97.2 cm³/mol. The van der Waals surface area contributed by atoms with Crippen molar-refractivity contribution in [3.05, 3.63) is 36.7 Å². The molecule has 2 N–H and O–H groups in total. The largest absolute Gasteiger partial charge is 0.329 e. The molecule has 1 aromatic carbocycles. The molecule has 0 aliphatic carbocycles. The quantitative estimate of drug-likeness (QED) is 0.844. The molecule has 0 radical (unpaired) electrons. The number of anilines is 1. The lowest BCUT2D eigenvalue weighted by Crippen LogP contribution is -2.28. The van der Waals surface area contributed by atoms with Crippen LogP contribution in [0.25, 0.3) is 0 Å². The zero-order valence-electron chi connectivity index (χ0n) is 14.0. The number of aromatic nitrogens is 2. The molecule has 2 heterocycles. The van der Waals surface area contributed by atoms with Gasteiger partial charge in [-0.05, 0) is 62.2 Å². The number of nitrogens with zero attached hydrogens (tertiary/aromatic N) is 2. The lowest BCUT2D eigenvalue weighted by atomic mass is 9.93. The van der Waals surface area contributed by atoms with Crippen LogP contribution in [0.4, 0.5) is 5.69 Å². The van der Waals surface area contributed by atoms with E-state index in [1.54, 1.807) is 18.0 Å². The highest BCUT2D eigenvalue weighted by Gasteiger charge is 2.15. The Kier molecular flexibility index (Phi) is 5.93. The molecule has 24 heavy (non-hydrogen) atoms. The zero-order chi connectivity index (χ0) is 16.8. The van der Waals surface area contributed by atoms with Gasteiger partial charge in [-0.3, -0.25) is 4.79 Å². The Morgan fingerprint density at radius 1 is 1.38 bits per heavy atom. The number of hydrogen-bond donors (Lipinski definition) is 2. The van der Waals surface area contributed by atoms with E-state index in [9.17, 15) is 4.79 Å². The molecule has 0 unspecified atom stereocenters. The van der Waals surface area contributed by atoms with Crippen molar-refractivity contribution in [2.75, 3.05) is 18.4 Å². The summed E-state index contributed by atoms with van der Waals surface area (Å²) in [5.74, 6) is 0.774. The van der Waals surface area contributed by atoms with Crippen molar-refractivity contribution in [1.82, 2.24) is 14.9 Å². The van der Waals surface area contributed by atoms with Gasteiger partial charge in [0.1, 0.15) is 0 Å². The van der Waals surface area contributed by atoms with E-state index in [-0.39, 0.29) is 5.91 Å². The molecule has 1 aliphatic heterocycles. The minimum atomic E-state index is 0.0985. The van der Waals surface area contributed by atoms with Crippen molar-refractivity contribution < 1.29 is 4.79 Å². The first-order chi connectivity index (χ1) is 11.7. The maximum Gasteiger partial charge on any atom is 0.224 e. The summed E-state index contributed by atoms with van der Waals surface area (Å²) in [5, 5.41) is 7.34. The number of carbonyl (C=O) groups excluding carboxylic acids is 1. The number of rotatable bonds is 6. The summed E-state index contributed by atoms with van der Waals surface area (Å²) in [6, 6.07) is 7.90. The number of piperidine rings is 1. The lowest BCUT2D eigenvalue weighted by molar-refractivity contribution is -0.116. The van der Waals surface area contributed by atoms with Gasteiger partial charge in [-0.2, -0.15) is 0 Å². The summed E-state index contributed by atoms with van der Waals surface area (Å²) in [4.78, 5) is 17.7. The van der Waals surface area contributed by atoms with E-state index in [1.807, 2.05) is 42.1 Å². The number of imidazole rings is 1. The Morgan fingerprint density at radius 2 is 2.17 bits per heavy atom. The molecule has 1 fully saturated rings. The molecule has 1 aliphatic rings. The number of carbonyl (C=O) groups is 1. The smallest absolute Gasteiger partial charge is 0.224 e. The average Bonchev–Trinajstić information content (AvgIpc) is 3.01. The number of aryl methyl sites for hydroxylation is 1. The molecule has 128 valence electrons. The Bertz CT molecular complexity index is 679. The van der Waals surface area contributed by atoms with Crippen LogP contribution in [0.5, 0.6) is 0 Å². The Hall–Kier alpha value is -1.79. The number of nitrogens with one attached hydrogen (secondary N) is 2. The molecular formula is C18H24N4OS. The second-order valence-electron chi connectivity index (χ2n) is 6.20. The highest BCUT2D eigenvalue weighted by Crippen LogP contribution is 2.32.